The first-order valence-corrected chi connectivity index (χ1v) is 7.24. The molecular weight excluding hydrogens is 276 g/mol. The van der Waals surface area contributed by atoms with Gasteiger partial charge in [-0.1, -0.05) is 41.9 Å². The van der Waals surface area contributed by atoms with Gasteiger partial charge in [0.05, 0.1) is 0 Å². The van der Waals surface area contributed by atoms with Crippen molar-refractivity contribution >= 4 is 33.0 Å². The Bertz CT molecular complexity index is 697. The highest BCUT2D eigenvalue weighted by Crippen LogP contribution is 2.37. The van der Waals surface area contributed by atoms with Crippen molar-refractivity contribution in [1.82, 2.24) is 0 Å². The molecule has 19 heavy (non-hydrogen) atoms. The molecule has 0 saturated carbocycles. The van der Waals surface area contributed by atoms with Gasteiger partial charge >= 0.3 is 0 Å². The zero-order valence-electron chi connectivity index (χ0n) is 10.4. The average Bonchev–Trinajstić information content (AvgIpc) is 2.83. The number of halogens is 1. The van der Waals surface area contributed by atoms with Gasteiger partial charge in [0, 0.05) is 14.6 Å². The molecule has 3 aromatic rings. The first-order chi connectivity index (χ1) is 9.07. The molecule has 1 heterocycles. The summed E-state index contributed by atoms with van der Waals surface area (Å²) in [5.74, 6) is 0. The van der Waals surface area contributed by atoms with Gasteiger partial charge < -0.3 is 5.11 Å². The van der Waals surface area contributed by atoms with Crippen LogP contribution in [0.2, 0.25) is 5.02 Å². The van der Waals surface area contributed by atoms with E-state index in [9.17, 15) is 5.11 Å². The highest BCUT2D eigenvalue weighted by Gasteiger charge is 2.27. The van der Waals surface area contributed by atoms with Gasteiger partial charge in [-0.3, -0.25) is 0 Å². The summed E-state index contributed by atoms with van der Waals surface area (Å²) < 4.78 is 1.18. The molecule has 1 atom stereocenters. The maximum atomic E-state index is 10.8. The molecule has 0 amide bonds. The predicted octanol–water partition coefficient (Wildman–Crippen LogP) is 4.81. The number of thiophene rings is 1. The van der Waals surface area contributed by atoms with E-state index in [-0.39, 0.29) is 0 Å². The summed E-state index contributed by atoms with van der Waals surface area (Å²) >= 11 is 7.62. The molecule has 3 heteroatoms. The molecule has 96 valence electrons. The summed E-state index contributed by atoms with van der Waals surface area (Å²) in [6, 6.07) is 17.6. The smallest absolute Gasteiger partial charge is 0.121 e. The number of aliphatic hydroxyl groups is 1. The van der Waals surface area contributed by atoms with E-state index in [2.05, 4.69) is 12.1 Å². The van der Waals surface area contributed by atoms with Gasteiger partial charge in [-0.25, -0.2) is 0 Å². The van der Waals surface area contributed by atoms with Gasteiger partial charge in [0.25, 0.3) is 0 Å². The van der Waals surface area contributed by atoms with Crippen molar-refractivity contribution in [3.63, 3.8) is 0 Å². The number of fused-ring (bicyclic) bond motifs is 1. The number of rotatable bonds is 2. The van der Waals surface area contributed by atoms with Crippen LogP contribution >= 0.6 is 22.9 Å². The number of hydrogen-bond donors (Lipinski definition) is 1. The minimum Gasteiger partial charge on any atom is -0.380 e. The molecule has 2 aromatic carbocycles. The van der Waals surface area contributed by atoms with Gasteiger partial charge in [-0.05, 0) is 42.1 Å². The van der Waals surface area contributed by atoms with E-state index in [1.807, 2.05) is 49.4 Å². The van der Waals surface area contributed by atoms with E-state index in [4.69, 9.17) is 11.6 Å². The van der Waals surface area contributed by atoms with Crippen LogP contribution < -0.4 is 0 Å². The van der Waals surface area contributed by atoms with Crippen LogP contribution in [-0.4, -0.2) is 5.11 Å². The van der Waals surface area contributed by atoms with E-state index < -0.39 is 5.60 Å². The SMILES string of the molecule is CC(O)(c1cccc(Cl)c1)c1cc2ccccc2s1. The summed E-state index contributed by atoms with van der Waals surface area (Å²) in [7, 11) is 0. The van der Waals surface area contributed by atoms with Crippen molar-refractivity contribution in [1.29, 1.82) is 0 Å². The fourth-order valence-corrected chi connectivity index (χ4v) is 3.48. The zero-order chi connectivity index (χ0) is 13.5. The number of hydrogen-bond acceptors (Lipinski definition) is 2. The van der Waals surface area contributed by atoms with E-state index >= 15 is 0 Å². The highest BCUT2D eigenvalue weighted by molar-refractivity contribution is 7.19. The first kappa shape index (κ1) is 12.7. The molecule has 0 saturated heterocycles. The van der Waals surface area contributed by atoms with Crippen LogP contribution in [0, 0.1) is 0 Å². The molecule has 1 unspecified atom stereocenters. The second-order valence-electron chi connectivity index (χ2n) is 4.73. The van der Waals surface area contributed by atoms with Crippen LogP contribution in [0.1, 0.15) is 17.4 Å². The molecule has 1 aromatic heterocycles. The quantitative estimate of drug-likeness (QED) is 0.717. The Balaban J connectivity index is 2.13. The molecule has 3 rings (SSSR count). The summed E-state index contributed by atoms with van der Waals surface area (Å²) in [5, 5.41) is 12.6. The predicted molar refractivity (Wildman–Crippen MR) is 81.9 cm³/mol. The molecule has 0 aliphatic heterocycles. The van der Waals surface area contributed by atoms with Gasteiger partial charge in [-0.15, -0.1) is 11.3 Å². The van der Waals surface area contributed by atoms with Crippen LogP contribution in [0.4, 0.5) is 0 Å². The lowest BCUT2D eigenvalue weighted by Crippen LogP contribution is -2.21. The largest absolute Gasteiger partial charge is 0.380 e. The maximum Gasteiger partial charge on any atom is 0.121 e. The maximum absolute atomic E-state index is 10.8. The summed E-state index contributed by atoms with van der Waals surface area (Å²) in [6.45, 7) is 1.81. The summed E-state index contributed by atoms with van der Waals surface area (Å²) in [4.78, 5) is 0.927. The van der Waals surface area contributed by atoms with E-state index in [1.165, 1.54) is 4.70 Å². The van der Waals surface area contributed by atoms with Crippen molar-refractivity contribution < 1.29 is 5.11 Å². The summed E-state index contributed by atoms with van der Waals surface area (Å²) in [5.41, 5.74) is -0.208. The van der Waals surface area contributed by atoms with Crippen molar-refractivity contribution in [2.75, 3.05) is 0 Å². The third kappa shape index (κ3) is 2.27. The van der Waals surface area contributed by atoms with Gasteiger partial charge in [0.15, 0.2) is 0 Å². The second kappa shape index (κ2) is 4.64. The Morgan fingerprint density at radius 2 is 1.84 bits per heavy atom. The van der Waals surface area contributed by atoms with Crippen LogP contribution in [0.3, 0.4) is 0 Å². The van der Waals surface area contributed by atoms with Gasteiger partial charge in [-0.2, -0.15) is 0 Å². The van der Waals surface area contributed by atoms with E-state index in [1.54, 1.807) is 11.3 Å². The van der Waals surface area contributed by atoms with Gasteiger partial charge in [0.2, 0.25) is 0 Å². The zero-order valence-corrected chi connectivity index (χ0v) is 12.0. The third-order valence-corrected chi connectivity index (χ3v) is 4.85. The van der Waals surface area contributed by atoms with Crippen LogP contribution in [-0.2, 0) is 5.60 Å². The Morgan fingerprint density at radius 3 is 2.58 bits per heavy atom. The van der Waals surface area contributed by atoms with Crippen molar-refractivity contribution in [3.8, 4) is 0 Å². The van der Waals surface area contributed by atoms with Crippen molar-refractivity contribution in [2.24, 2.45) is 0 Å². The summed E-state index contributed by atoms with van der Waals surface area (Å²) in [6.07, 6.45) is 0. The molecule has 0 spiro atoms. The molecule has 1 nitrogen and oxygen atoms in total. The molecule has 0 aliphatic carbocycles. The lowest BCUT2D eigenvalue weighted by molar-refractivity contribution is 0.106. The molecular formula is C16H13ClOS. The Morgan fingerprint density at radius 1 is 1.05 bits per heavy atom. The third-order valence-electron chi connectivity index (χ3n) is 3.29. The molecule has 0 radical (unpaired) electrons. The van der Waals surface area contributed by atoms with E-state index in [0.29, 0.717) is 5.02 Å². The van der Waals surface area contributed by atoms with Gasteiger partial charge in [0.1, 0.15) is 5.60 Å². The van der Waals surface area contributed by atoms with E-state index in [0.717, 1.165) is 15.8 Å². The lowest BCUT2D eigenvalue weighted by atomic mass is 9.94. The Hall–Kier alpha value is -1.35. The highest BCUT2D eigenvalue weighted by atomic mass is 35.5. The lowest BCUT2D eigenvalue weighted by Gasteiger charge is -2.22. The van der Waals surface area contributed by atoms with Crippen molar-refractivity contribution in [3.05, 3.63) is 70.1 Å². The molecule has 1 N–H and O–H groups in total. The monoisotopic (exact) mass is 288 g/mol. The normalized spacial score (nSPS) is 14.5. The van der Waals surface area contributed by atoms with Crippen LogP contribution in [0.15, 0.2) is 54.6 Å². The fourth-order valence-electron chi connectivity index (χ4n) is 2.16. The minimum absolute atomic E-state index is 0.638. The number of benzene rings is 2. The van der Waals surface area contributed by atoms with Crippen LogP contribution in [0.25, 0.3) is 10.1 Å². The molecule has 0 fully saturated rings. The Labute approximate surface area is 121 Å². The fraction of sp³-hybridized carbons (Fsp3) is 0.125. The van der Waals surface area contributed by atoms with Crippen molar-refractivity contribution in [2.45, 2.75) is 12.5 Å². The standard InChI is InChI=1S/C16H13ClOS/c1-16(18,12-6-4-7-13(17)10-12)15-9-11-5-2-3-8-14(11)19-15/h2-10,18H,1H3. The topological polar surface area (TPSA) is 20.2 Å². The molecule has 0 bridgehead atoms. The first-order valence-electron chi connectivity index (χ1n) is 6.05. The second-order valence-corrected chi connectivity index (χ2v) is 6.25. The van der Waals surface area contributed by atoms with Crippen LogP contribution in [0.5, 0.6) is 0 Å². The minimum atomic E-state index is -1.02. The average molecular weight is 289 g/mol. The molecule has 0 aliphatic rings. The Kier molecular flexibility index (Phi) is 3.09.